The van der Waals surface area contributed by atoms with Gasteiger partial charge in [-0.05, 0) is 39.2 Å². The first-order valence-corrected chi connectivity index (χ1v) is 6.84. The van der Waals surface area contributed by atoms with E-state index >= 15 is 0 Å². The number of nitrogens with one attached hydrogen (secondary N) is 1. The SMILES string of the molecule is CCN(C(=O)C1CCCNC1)C1CCCC1. The second-order valence-corrected chi connectivity index (χ2v) is 5.11. The van der Waals surface area contributed by atoms with E-state index in [9.17, 15) is 4.79 Å². The molecule has 2 rings (SSSR count). The van der Waals surface area contributed by atoms with Crippen LogP contribution in [-0.4, -0.2) is 36.5 Å². The zero-order chi connectivity index (χ0) is 11.4. The molecule has 0 aromatic carbocycles. The quantitative estimate of drug-likeness (QED) is 0.792. The minimum Gasteiger partial charge on any atom is -0.340 e. The molecule has 1 N–H and O–H groups in total. The van der Waals surface area contributed by atoms with Gasteiger partial charge in [0.05, 0.1) is 5.92 Å². The second kappa shape index (κ2) is 5.67. The third kappa shape index (κ3) is 2.57. The monoisotopic (exact) mass is 224 g/mol. The van der Waals surface area contributed by atoms with Gasteiger partial charge in [0.15, 0.2) is 0 Å². The molecular weight excluding hydrogens is 200 g/mol. The summed E-state index contributed by atoms with van der Waals surface area (Å²) < 4.78 is 0. The van der Waals surface area contributed by atoms with Crippen molar-refractivity contribution in [1.29, 1.82) is 0 Å². The number of hydrogen-bond acceptors (Lipinski definition) is 2. The zero-order valence-electron chi connectivity index (χ0n) is 10.4. The van der Waals surface area contributed by atoms with Gasteiger partial charge < -0.3 is 10.2 Å². The van der Waals surface area contributed by atoms with E-state index in [1.165, 1.54) is 25.7 Å². The van der Waals surface area contributed by atoms with Crippen LogP contribution < -0.4 is 5.32 Å². The maximum atomic E-state index is 12.4. The molecular formula is C13H24N2O. The molecule has 16 heavy (non-hydrogen) atoms. The molecule has 2 fully saturated rings. The van der Waals surface area contributed by atoms with Gasteiger partial charge in [0, 0.05) is 19.1 Å². The van der Waals surface area contributed by atoms with Gasteiger partial charge >= 0.3 is 0 Å². The molecule has 0 radical (unpaired) electrons. The Morgan fingerprint density at radius 3 is 2.56 bits per heavy atom. The van der Waals surface area contributed by atoms with Gasteiger partial charge in [-0.1, -0.05) is 12.8 Å². The summed E-state index contributed by atoms with van der Waals surface area (Å²) in [5, 5.41) is 3.34. The number of piperidine rings is 1. The topological polar surface area (TPSA) is 32.3 Å². The van der Waals surface area contributed by atoms with Crippen molar-refractivity contribution < 1.29 is 4.79 Å². The van der Waals surface area contributed by atoms with Crippen LogP contribution in [0.5, 0.6) is 0 Å². The molecule has 92 valence electrons. The van der Waals surface area contributed by atoms with Crippen LogP contribution in [0.2, 0.25) is 0 Å². The molecule has 2 aliphatic rings. The van der Waals surface area contributed by atoms with Crippen molar-refractivity contribution in [2.75, 3.05) is 19.6 Å². The highest BCUT2D eigenvalue weighted by atomic mass is 16.2. The van der Waals surface area contributed by atoms with E-state index in [0.717, 1.165) is 32.5 Å². The van der Waals surface area contributed by atoms with Crippen molar-refractivity contribution in [2.45, 2.75) is 51.5 Å². The van der Waals surface area contributed by atoms with Crippen molar-refractivity contribution in [3.63, 3.8) is 0 Å². The van der Waals surface area contributed by atoms with Gasteiger partial charge in [0.25, 0.3) is 0 Å². The number of hydrogen-bond donors (Lipinski definition) is 1. The molecule has 0 spiro atoms. The Labute approximate surface area is 98.6 Å². The lowest BCUT2D eigenvalue weighted by atomic mass is 9.97. The molecule has 3 heteroatoms. The van der Waals surface area contributed by atoms with Crippen molar-refractivity contribution >= 4 is 5.91 Å². The molecule has 1 aliphatic heterocycles. The van der Waals surface area contributed by atoms with E-state index in [-0.39, 0.29) is 5.92 Å². The van der Waals surface area contributed by atoms with E-state index in [4.69, 9.17) is 0 Å². The first kappa shape index (κ1) is 11.9. The molecule has 1 unspecified atom stereocenters. The third-order valence-corrected chi connectivity index (χ3v) is 4.04. The number of nitrogens with zero attached hydrogens (tertiary/aromatic N) is 1. The first-order valence-electron chi connectivity index (χ1n) is 6.84. The Kier molecular flexibility index (Phi) is 4.22. The third-order valence-electron chi connectivity index (χ3n) is 4.04. The molecule has 0 aromatic heterocycles. The first-order chi connectivity index (χ1) is 7.83. The van der Waals surface area contributed by atoms with E-state index in [1.807, 2.05) is 0 Å². The number of carbonyl (C=O) groups is 1. The summed E-state index contributed by atoms with van der Waals surface area (Å²) in [6, 6.07) is 0.541. The Morgan fingerprint density at radius 2 is 2.00 bits per heavy atom. The van der Waals surface area contributed by atoms with Crippen LogP contribution in [0.4, 0.5) is 0 Å². The summed E-state index contributed by atoms with van der Waals surface area (Å²) in [7, 11) is 0. The minimum atomic E-state index is 0.245. The highest BCUT2D eigenvalue weighted by Crippen LogP contribution is 2.25. The summed E-state index contributed by atoms with van der Waals surface area (Å²) in [5.41, 5.74) is 0. The van der Waals surface area contributed by atoms with Gasteiger partial charge in [-0.3, -0.25) is 4.79 Å². The van der Waals surface area contributed by atoms with Crippen molar-refractivity contribution in [2.24, 2.45) is 5.92 Å². The zero-order valence-corrected chi connectivity index (χ0v) is 10.4. The lowest BCUT2D eigenvalue weighted by Gasteiger charge is -2.33. The van der Waals surface area contributed by atoms with Crippen LogP contribution in [0.3, 0.4) is 0 Å². The normalized spacial score (nSPS) is 26.9. The van der Waals surface area contributed by atoms with Crippen LogP contribution >= 0.6 is 0 Å². The van der Waals surface area contributed by atoms with Crippen molar-refractivity contribution in [3.8, 4) is 0 Å². The molecule has 3 nitrogen and oxygen atoms in total. The smallest absolute Gasteiger partial charge is 0.227 e. The van der Waals surface area contributed by atoms with Gasteiger partial charge in [-0.2, -0.15) is 0 Å². The van der Waals surface area contributed by atoms with Gasteiger partial charge in [-0.25, -0.2) is 0 Å². The van der Waals surface area contributed by atoms with Crippen LogP contribution in [0.15, 0.2) is 0 Å². The van der Waals surface area contributed by atoms with Crippen molar-refractivity contribution in [3.05, 3.63) is 0 Å². The van der Waals surface area contributed by atoms with Gasteiger partial charge in [0.1, 0.15) is 0 Å². The van der Waals surface area contributed by atoms with E-state index < -0.39 is 0 Å². The molecule has 1 saturated carbocycles. The summed E-state index contributed by atoms with van der Waals surface area (Å²) in [6.07, 6.45) is 7.28. The Balaban J connectivity index is 1.93. The van der Waals surface area contributed by atoms with Crippen molar-refractivity contribution in [1.82, 2.24) is 10.2 Å². The van der Waals surface area contributed by atoms with E-state index in [0.29, 0.717) is 11.9 Å². The summed E-state index contributed by atoms with van der Waals surface area (Å²) in [6.45, 7) is 4.98. The highest BCUT2D eigenvalue weighted by Gasteiger charge is 2.30. The Morgan fingerprint density at radius 1 is 1.25 bits per heavy atom. The number of amides is 1. The molecule has 1 atom stereocenters. The van der Waals surface area contributed by atoms with Gasteiger partial charge in [-0.15, -0.1) is 0 Å². The van der Waals surface area contributed by atoms with E-state index in [1.54, 1.807) is 0 Å². The van der Waals surface area contributed by atoms with Crippen LogP contribution in [0.1, 0.15) is 45.4 Å². The summed E-state index contributed by atoms with van der Waals surface area (Å²) >= 11 is 0. The van der Waals surface area contributed by atoms with E-state index in [2.05, 4.69) is 17.1 Å². The number of rotatable bonds is 3. The fourth-order valence-electron chi connectivity index (χ4n) is 3.11. The summed E-state index contributed by atoms with van der Waals surface area (Å²) in [5.74, 6) is 0.649. The van der Waals surface area contributed by atoms with Crippen LogP contribution in [0.25, 0.3) is 0 Å². The standard InChI is InChI=1S/C13H24N2O/c1-2-15(12-7-3-4-8-12)13(16)11-6-5-9-14-10-11/h11-12,14H,2-10H2,1H3. The largest absolute Gasteiger partial charge is 0.340 e. The van der Waals surface area contributed by atoms with Gasteiger partial charge in [0.2, 0.25) is 5.91 Å². The maximum Gasteiger partial charge on any atom is 0.227 e. The lowest BCUT2D eigenvalue weighted by molar-refractivity contribution is -0.138. The van der Waals surface area contributed by atoms with Crippen LogP contribution in [0, 0.1) is 5.92 Å². The second-order valence-electron chi connectivity index (χ2n) is 5.11. The Bertz CT molecular complexity index is 230. The Hall–Kier alpha value is -0.570. The molecule has 0 aromatic rings. The highest BCUT2D eigenvalue weighted by molar-refractivity contribution is 5.79. The fourth-order valence-corrected chi connectivity index (χ4v) is 3.11. The minimum absolute atomic E-state index is 0.245. The molecule has 1 aliphatic carbocycles. The summed E-state index contributed by atoms with van der Waals surface area (Å²) in [4.78, 5) is 14.5. The average Bonchev–Trinajstić information content (AvgIpc) is 2.85. The molecule has 0 bridgehead atoms. The lowest BCUT2D eigenvalue weighted by Crippen LogP contribution is -2.46. The molecule has 1 amide bonds. The number of carbonyl (C=O) groups excluding carboxylic acids is 1. The predicted octanol–water partition coefficient (Wildman–Crippen LogP) is 1.78. The maximum absolute atomic E-state index is 12.4. The van der Waals surface area contributed by atoms with Crippen LogP contribution in [-0.2, 0) is 4.79 Å². The molecule has 1 saturated heterocycles. The fraction of sp³-hybridized carbons (Fsp3) is 0.923. The molecule has 1 heterocycles. The average molecular weight is 224 g/mol. The predicted molar refractivity (Wildman–Crippen MR) is 65.2 cm³/mol.